The normalized spacial score (nSPS) is 9.08. The van der Waals surface area contributed by atoms with E-state index in [1.165, 1.54) is 6.07 Å². The van der Waals surface area contributed by atoms with Gasteiger partial charge in [-0.2, -0.15) is 0 Å². The van der Waals surface area contributed by atoms with Crippen molar-refractivity contribution in [3.63, 3.8) is 0 Å². The molecule has 1 aromatic carbocycles. The Morgan fingerprint density at radius 2 is 2.08 bits per heavy atom. The second-order valence-electron chi connectivity index (χ2n) is 2.29. The number of Topliss-reactive ketones (excluding diaryl/α,β-unsaturated/α-hetero) is 1. The Morgan fingerprint density at radius 3 is 2.54 bits per heavy atom. The summed E-state index contributed by atoms with van der Waals surface area (Å²) in [6.45, 7) is -1.12. The van der Waals surface area contributed by atoms with Gasteiger partial charge in [0.15, 0.2) is 12.5 Å². The van der Waals surface area contributed by atoms with Gasteiger partial charge in [0.25, 0.3) is 0 Å². The van der Waals surface area contributed by atoms with E-state index < -0.39 is 18.3 Å². The Bertz CT molecular complexity index is 317. The van der Waals surface area contributed by atoms with Crippen LogP contribution in [0.4, 0.5) is 14.5 Å². The molecule has 13 heavy (non-hydrogen) atoms. The van der Waals surface area contributed by atoms with E-state index in [4.69, 9.17) is 5.73 Å². The number of alkyl halides is 1. The van der Waals surface area contributed by atoms with Crippen LogP contribution in [-0.2, 0) is 0 Å². The van der Waals surface area contributed by atoms with Crippen molar-refractivity contribution in [1.82, 2.24) is 0 Å². The molecule has 1 rings (SSSR count). The van der Waals surface area contributed by atoms with Gasteiger partial charge < -0.3 is 5.73 Å². The number of benzene rings is 1. The lowest BCUT2D eigenvalue weighted by atomic mass is 10.1. The van der Waals surface area contributed by atoms with Crippen LogP contribution in [0.2, 0.25) is 0 Å². The van der Waals surface area contributed by atoms with Gasteiger partial charge in [0, 0.05) is 11.3 Å². The van der Waals surface area contributed by atoms with Crippen molar-refractivity contribution in [3.8, 4) is 0 Å². The fourth-order valence-corrected chi connectivity index (χ4v) is 0.860. The van der Waals surface area contributed by atoms with Gasteiger partial charge in [0.05, 0.1) is 0 Å². The van der Waals surface area contributed by atoms with E-state index in [0.29, 0.717) is 0 Å². The van der Waals surface area contributed by atoms with Crippen molar-refractivity contribution in [2.75, 3.05) is 12.4 Å². The zero-order valence-corrected chi connectivity index (χ0v) is 7.41. The lowest BCUT2D eigenvalue weighted by Crippen LogP contribution is -2.05. The third kappa shape index (κ3) is 2.66. The van der Waals surface area contributed by atoms with E-state index in [1.807, 2.05) is 0 Å². The second kappa shape index (κ2) is 4.77. The van der Waals surface area contributed by atoms with Gasteiger partial charge in [-0.3, -0.25) is 4.79 Å². The van der Waals surface area contributed by atoms with Crippen LogP contribution < -0.4 is 5.73 Å². The molecule has 0 aromatic heterocycles. The molecule has 0 heterocycles. The van der Waals surface area contributed by atoms with Crippen molar-refractivity contribution < 1.29 is 13.6 Å². The number of rotatable bonds is 2. The van der Waals surface area contributed by atoms with Crippen LogP contribution in [0.15, 0.2) is 18.2 Å². The van der Waals surface area contributed by atoms with E-state index in [2.05, 4.69) is 0 Å². The Balaban J connectivity index is 0.00000144. The average Bonchev–Trinajstić information content (AvgIpc) is 2.03. The predicted molar refractivity (Wildman–Crippen MR) is 48.4 cm³/mol. The number of nitrogens with two attached hydrogens (primary N) is 1. The quantitative estimate of drug-likeness (QED) is 0.595. The zero-order valence-electron chi connectivity index (χ0n) is 6.59. The number of carbonyl (C=O) groups is 1. The first kappa shape index (κ1) is 11.8. The number of halogens is 3. The minimum Gasteiger partial charge on any atom is -0.398 e. The predicted octanol–water partition coefficient (Wildman–Crippen LogP) is 1.98. The summed E-state index contributed by atoms with van der Waals surface area (Å²) in [6.07, 6.45) is 0. The maximum Gasteiger partial charge on any atom is 0.195 e. The first-order valence-electron chi connectivity index (χ1n) is 3.29. The number of ketones is 1. The maximum atomic E-state index is 12.4. The third-order valence-electron chi connectivity index (χ3n) is 1.44. The zero-order chi connectivity index (χ0) is 9.14. The Kier molecular flexibility index (Phi) is 4.34. The molecule has 0 fully saturated rings. The van der Waals surface area contributed by atoms with Gasteiger partial charge in [-0.05, 0) is 18.2 Å². The molecule has 1 aromatic rings. The van der Waals surface area contributed by atoms with Gasteiger partial charge in [-0.15, -0.1) is 12.4 Å². The van der Waals surface area contributed by atoms with Crippen molar-refractivity contribution in [2.24, 2.45) is 0 Å². The lowest BCUT2D eigenvalue weighted by molar-refractivity contribution is 0.0959. The van der Waals surface area contributed by atoms with Crippen molar-refractivity contribution in [1.29, 1.82) is 0 Å². The van der Waals surface area contributed by atoms with Gasteiger partial charge in [-0.1, -0.05) is 0 Å². The molecule has 0 radical (unpaired) electrons. The van der Waals surface area contributed by atoms with Gasteiger partial charge in [-0.25, -0.2) is 8.78 Å². The molecule has 0 aliphatic rings. The van der Waals surface area contributed by atoms with Crippen molar-refractivity contribution in [3.05, 3.63) is 29.6 Å². The highest BCUT2D eigenvalue weighted by atomic mass is 35.5. The maximum absolute atomic E-state index is 12.4. The van der Waals surface area contributed by atoms with Crippen LogP contribution in [-0.4, -0.2) is 12.5 Å². The standard InChI is InChI=1S/C8H7F2NO.ClH/c9-4-8(12)6-2-1-5(10)3-7(6)11;/h1-3H,4,11H2;1H. The summed E-state index contributed by atoms with van der Waals surface area (Å²) >= 11 is 0. The van der Waals surface area contributed by atoms with Crippen LogP contribution in [0.25, 0.3) is 0 Å². The number of hydrogen-bond donors (Lipinski definition) is 1. The molecule has 0 unspecified atom stereocenters. The van der Waals surface area contributed by atoms with E-state index in [-0.39, 0.29) is 23.7 Å². The number of hydrogen-bond acceptors (Lipinski definition) is 2. The fourth-order valence-electron chi connectivity index (χ4n) is 0.860. The van der Waals surface area contributed by atoms with E-state index in [9.17, 15) is 13.6 Å². The topological polar surface area (TPSA) is 43.1 Å². The lowest BCUT2D eigenvalue weighted by Gasteiger charge is -2.00. The van der Waals surface area contributed by atoms with Crippen LogP contribution >= 0.6 is 12.4 Å². The fraction of sp³-hybridized carbons (Fsp3) is 0.125. The van der Waals surface area contributed by atoms with Crippen LogP contribution in [0.5, 0.6) is 0 Å². The van der Waals surface area contributed by atoms with Crippen molar-refractivity contribution in [2.45, 2.75) is 0 Å². The van der Waals surface area contributed by atoms with Gasteiger partial charge in [0.2, 0.25) is 0 Å². The Morgan fingerprint density at radius 1 is 1.46 bits per heavy atom. The molecule has 72 valence electrons. The summed E-state index contributed by atoms with van der Waals surface area (Å²) in [5.74, 6) is -1.27. The Labute approximate surface area is 80.1 Å². The molecule has 0 saturated carbocycles. The minimum absolute atomic E-state index is 0. The molecular formula is C8H8ClF2NO. The summed E-state index contributed by atoms with van der Waals surface area (Å²) in [4.78, 5) is 10.8. The molecule has 2 nitrogen and oxygen atoms in total. The minimum atomic E-state index is -1.12. The smallest absolute Gasteiger partial charge is 0.195 e. The molecule has 0 amide bonds. The molecule has 0 spiro atoms. The van der Waals surface area contributed by atoms with Crippen LogP contribution in [0, 0.1) is 5.82 Å². The first-order valence-corrected chi connectivity index (χ1v) is 3.29. The van der Waals surface area contributed by atoms with E-state index >= 15 is 0 Å². The number of anilines is 1. The van der Waals surface area contributed by atoms with E-state index in [1.54, 1.807) is 0 Å². The highest BCUT2D eigenvalue weighted by Crippen LogP contribution is 2.13. The van der Waals surface area contributed by atoms with Gasteiger partial charge >= 0.3 is 0 Å². The van der Waals surface area contributed by atoms with Crippen molar-refractivity contribution >= 4 is 23.9 Å². The largest absolute Gasteiger partial charge is 0.398 e. The number of carbonyl (C=O) groups excluding carboxylic acids is 1. The summed E-state index contributed by atoms with van der Waals surface area (Å²) in [7, 11) is 0. The van der Waals surface area contributed by atoms with Crippen LogP contribution in [0.3, 0.4) is 0 Å². The first-order chi connectivity index (χ1) is 5.65. The summed E-state index contributed by atoms with van der Waals surface area (Å²) < 4.78 is 24.3. The summed E-state index contributed by atoms with van der Waals surface area (Å²) in [6, 6.07) is 3.23. The highest BCUT2D eigenvalue weighted by molar-refractivity contribution is 6.01. The summed E-state index contributed by atoms with van der Waals surface area (Å²) in [5, 5.41) is 0. The molecule has 5 heteroatoms. The average molecular weight is 208 g/mol. The molecule has 0 bridgehead atoms. The molecule has 0 saturated heterocycles. The monoisotopic (exact) mass is 207 g/mol. The summed E-state index contributed by atoms with van der Waals surface area (Å²) in [5.41, 5.74) is 5.27. The third-order valence-corrected chi connectivity index (χ3v) is 1.44. The van der Waals surface area contributed by atoms with Gasteiger partial charge in [0.1, 0.15) is 5.82 Å². The van der Waals surface area contributed by atoms with Crippen LogP contribution in [0.1, 0.15) is 10.4 Å². The van der Waals surface area contributed by atoms with E-state index in [0.717, 1.165) is 12.1 Å². The molecule has 0 aliphatic carbocycles. The highest BCUT2D eigenvalue weighted by Gasteiger charge is 2.08. The second-order valence-corrected chi connectivity index (χ2v) is 2.29. The Hall–Kier alpha value is -1.16. The molecule has 0 atom stereocenters. The molecule has 2 N–H and O–H groups in total. The molecular weight excluding hydrogens is 200 g/mol. The molecule has 0 aliphatic heterocycles. The number of nitrogen functional groups attached to an aromatic ring is 1. The SMILES string of the molecule is Cl.Nc1cc(F)ccc1C(=O)CF.